The quantitative estimate of drug-likeness (QED) is 0.418. The van der Waals surface area contributed by atoms with Gasteiger partial charge in [-0.3, -0.25) is 0 Å². The van der Waals surface area contributed by atoms with Crippen molar-refractivity contribution in [3.8, 4) is 11.4 Å². The largest absolute Gasteiger partial charge is 0.416 e. The molecule has 1 aromatic carbocycles. The van der Waals surface area contributed by atoms with E-state index in [2.05, 4.69) is 15.3 Å². The van der Waals surface area contributed by atoms with E-state index in [0.717, 1.165) is 29.8 Å². The van der Waals surface area contributed by atoms with Crippen LogP contribution in [0.4, 0.5) is 19.0 Å². The molecule has 1 atom stereocenters. The van der Waals surface area contributed by atoms with Crippen LogP contribution in [0.25, 0.3) is 22.6 Å². The molecule has 0 fully saturated rings. The molecule has 0 saturated heterocycles. The Balaban J connectivity index is 1.67. The van der Waals surface area contributed by atoms with Gasteiger partial charge in [-0.1, -0.05) is 26.0 Å². The molecule has 2 heterocycles. The number of fused-ring (bicyclic) bond motifs is 1. The number of alkyl halides is 3. The van der Waals surface area contributed by atoms with E-state index >= 15 is 0 Å². The Morgan fingerprint density at radius 1 is 1.24 bits per heavy atom. The lowest BCUT2D eigenvalue weighted by atomic mass is 9.86. The van der Waals surface area contributed by atoms with Crippen LogP contribution in [0.2, 0.25) is 0 Å². The number of hydrogen-bond donors (Lipinski definition) is 3. The summed E-state index contributed by atoms with van der Waals surface area (Å²) < 4.78 is 40.8. The molecular weight excluding hydrogens is 443 g/mol. The molecule has 4 N–H and O–H groups in total. The second-order valence-corrected chi connectivity index (χ2v) is 8.81. The highest BCUT2D eigenvalue weighted by Gasteiger charge is 2.30. The van der Waals surface area contributed by atoms with Crippen molar-refractivity contribution in [1.82, 2.24) is 19.5 Å². The number of aryl methyl sites for hydroxylation is 1. The van der Waals surface area contributed by atoms with Crippen molar-refractivity contribution >= 4 is 22.7 Å². The fourth-order valence-corrected chi connectivity index (χ4v) is 4.28. The zero-order valence-electron chi connectivity index (χ0n) is 19.4. The number of imidazole rings is 1. The van der Waals surface area contributed by atoms with Gasteiger partial charge in [0, 0.05) is 29.6 Å². The monoisotopic (exact) mass is 471 g/mol. The second-order valence-electron chi connectivity index (χ2n) is 8.81. The second kappa shape index (κ2) is 9.08. The molecule has 0 aliphatic heterocycles. The Hall–Kier alpha value is -3.43. The maximum Gasteiger partial charge on any atom is 0.416 e. The number of benzene rings is 1. The third-order valence-corrected chi connectivity index (χ3v) is 6.16. The van der Waals surface area contributed by atoms with Gasteiger partial charge in [-0.25, -0.2) is 15.0 Å². The van der Waals surface area contributed by atoms with E-state index in [0.29, 0.717) is 53.5 Å². The van der Waals surface area contributed by atoms with Gasteiger partial charge >= 0.3 is 6.18 Å². The number of nitrogens with one attached hydrogen (secondary N) is 2. The molecule has 180 valence electrons. The standard InChI is InChI=1S/C24H28F3N7/c1-4-34-22(14-5-7-15(8-6-14)24(25,26)27)33-20-21(30-12-31-23(20)34)32-16-9-10-18(28)17(11-16)19(29)13(2)3/h5-8,12-13,16,29H,4,9-11,28H2,1-3H3,(H,30,31,32). The molecule has 4 rings (SSSR count). The fraction of sp³-hybridized carbons (Fsp3) is 0.417. The molecule has 10 heteroatoms. The van der Waals surface area contributed by atoms with E-state index in [1.807, 2.05) is 25.3 Å². The van der Waals surface area contributed by atoms with E-state index in [4.69, 9.17) is 16.1 Å². The lowest BCUT2D eigenvalue weighted by Gasteiger charge is -2.28. The first-order valence-electron chi connectivity index (χ1n) is 11.3. The summed E-state index contributed by atoms with van der Waals surface area (Å²) in [6.45, 7) is 6.44. The summed E-state index contributed by atoms with van der Waals surface area (Å²) in [5.41, 5.74) is 9.44. The van der Waals surface area contributed by atoms with Crippen LogP contribution in [-0.2, 0) is 12.7 Å². The lowest BCUT2D eigenvalue weighted by Crippen LogP contribution is -2.30. The van der Waals surface area contributed by atoms with Gasteiger partial charge in [0.15, 0.2) is 17.0 Å². The minimum atomic E-state index is -4.39. The number of hydrogen-bond acceptors (Lipinski definition) is 6. The Bertz CT molecular complexity index is 1240. The predicted molar refractivity (Wildman–Crippen MR) is 126 cm³/mol. The van der Waals surface area contributed by atoms with Crippen LogP contribution < -0.4 is 11.1 Å². The van der Waals surface area contributed by atoms with Crippen molar-refractivity contribution in [2.45, 2.75) is 58.8 Å². The first-order valence-corrected chi connectivity index (χ1v) is 11.3. The van der Waals surface area contributed by atoms with Gasteiger partial charge in [-0.2, -0.15) is 13.2 Å². The highest BCUT2D eigenvalue weighted by atomic mass is 19.4. The SMILES string of the molecule is CCn1c(-c2ccc(C(F)(F)F)cc2)nc2c(NC3CCC(N)=C(C(=N)C(C)C)C3)ncnc21. The molecule has 0 amide bonds. The van der Waals surface area contributed by atoms with Crippen LogP contribution in [0.5, 0.6) is 0 Å². The summed E-state index contributed by atoms with van der Waals surface area (Å²) in [4.78, 5) is 13.5. The average Bonchev–Trinajstić information content (AvgIpc) is 3.19. The van der Waals surface area contributed by atoms with Crippen LogP contribution >= 0.6 is 0 Å². The van der Waals surface area contributed by atoms with Gasteiger partial charge in [0.2, 0.25) is 0 Å². The molecule has 0 radical (unpaired) electrons. The van der Waals surface area contributed by atoms with E-state index in [1.54, 1.807) is 0 Å². The smallest absolute Gasteiger partial charge is 0.402 e. The molecular formula is C24H28F3N7. The maximum atomic E-state index is 13.0. The summed E-state index contributed by atoms with van der Waals surface area (Å²) in [5, 5.41) is 11.8. The summed E-state index contributed by atoms with van der Waals surface area (Å²) in [5.74, 6) is 1.18. The van der Waals surface area contributed by atoms with Gasteiger partial charge in [0.05, 0.1) is 5.56 Å². The van der Waals surface area contributed by atoms with Gasteiger partial charge in [-0.05, 0) is 49.8 Å². The van der Waals surface area contributed by atoms with E-state index in [9.17, 15) is 13.2 Å². The molecule has 2 aromatic heterocycles. The minimum Gasteiger partial charge on any atom is -0.402 e. The topological polar surface area (TPSA) is 106 Å². The molecule has 0 saturated carbocycles. The zero-order chi connectivity index (χ0) is 24.6. The van der Waals surface area contributed by atoms with Crippen molar-refractivity contribution in [2.75, 3.05) is 5.32 Å². The van der Waals surface area contributed by atoms with Gasteiger partial charge in [0.25, 0.3) is 0 Å². The van der Waals surface area contributed by atoms with Crippen LogP contribution in [0.3, 0.4) is 0 Å². The molecule has 1 unspecified atom stereocenters. The van der Waals surface area contributed by atoms with Crippen molar-refractivity contribution in [3.05, 3.63) is 47.4 Å². The van der Waals surface area contributed by atoms with Crippen LogP contribution in [-0.4, -0.2) is 31.3 Å². The van der Waals surface area contributed by atoms with Crippen molar-refractivity contribution in [1.29, 1.82) is 5.41 Å². The van der Waals surface area contributed by atoms with Crippen molar-refractivity contribution in [3.63, 3.8) is 0 Å². The molecule has 0 spiro atoms. The number of allylic oxidation sites excluding steroid dienone is 1. The summed E-state index contributed by atoms with van der Waals surface area (Å²) in [6.07, 6.45) is -0.828. The normalized spacial score (nSPS) is 17.0. The fourth-order valence-electron chi connectivity index (χ4n) is 4.28. The predicted octanol–water partition coefficient (Wildman–Crippen LogP) is 5.38. The highest BCUT2D eigenvalue weighted by Crippen LogP contribution is 2.33. The number of aromatic nitrogens is 4. The Kier molecular flexibility index (Phi) is 6.33. The molecule has 34 heavy (non-hydrogen) atoms. The summed E-state index contributed by atoms with van der Waals surface area (Å²) in [7, 11) is 0. The molecule has 1 aliphatic rings. The van der Waals surface area contributed by atoms with Gasteiger partial charge in [0.1, 0.15) is 12.2 Å². The van der Waals surface area contributed by atoms with Gasteiger partial charge < -0.3 is 21.0 Å². The van der Waals surface area contributed by atoms with E-state index in [-0.39, 0.29) is 12.0 Å². The minimum absolute atomic E-state index is 0.0285. The third-order valence-electron chi connectivity index (χ3n) is 6.16. The Morgan fingerprint density at radius 3 is 2.56 bits per heavy atom. The number of anilines is 1. The number of nitrogens with zero attached hydrogens (tertiary/aromatic N) is 4. The first kappa shape index (κ1) is 23.7. The van der Waals surface area contributed by atoms with Crippen molar-refractivity contribution < 1.29 is 13.2 Å². The number of nitrogens with two attached hydrogens (primary N) is 1. The Labute approximate surface area is 195 Å². The third kappa shape index (κ3) is 4.49. The summed E-state index contributed by atoms with van der Waals surface area (Å²) >= 11 is 0. The molecule has 7 nitrogen and oxygen atoms in total. The number of halogens is 3. The molecule has 0 bridgehead atoms. The average molecular weight is 472 g/mol. The first-order chi connectivity index (χ1) is 16.1. The lowest BCUT2D eigenvalue weighted by molar-refractivity contribution is -0.137. The van der Waals surface area contributed by atoms with Gasteiger partial charge in [-0.15, -0.1) is 0 Å². The summed E-state index contributed by atoms with van der Waals surface area (Å²) in [6, 6.07) is 5.00. The van der Waals surface area contributed by atoms with Crippen LogP contribution in [0.15, 0.2) is 41.9 Å². The number of rotatable bonds is 6. The Morgan fingerprint density at radius 2 is 1.94 bits per heavy atom. The zero-order valence-corrected chi connectivity index (χ0v) is 19.4. The molecule has 3 aromatic rings. The van der Waals surface area contributed by atoms with Crippen LogP contribution in [0, 0.1) is 11.3 Å². The van der Waals surface area contributed by atoms with Crippen LogP contribution in [0.1, 0.15) is 45.6 Å². The van der Waals surface area contributed by atoms with E-state index in [1.165, 1.54) is 18.5 Å². The highest BCUT2D eigenvalue weighted by molar-refractivity contribution is 6.00. The molecule has 1 aliphatic carbocycles. The van der Waals surface area contributed by atoms with Crippen molar-refractivity contribution in [2.24, 2.45) is 11.7 Å². The maximum absolute atomic E-state index is 13.0. The van der Waals surface area contributed by atoms with E-state index < -0.39 is 11.7 Å².